The van der Waals surface area contributed by atoms with Crippen LogP contribution in [-0.4, -0.2) is 41.3 Å². The number of unbranched alkanes of at least 4 members (excludes halogenated alkanes) is 1. The Hall–Kier alpha value is -3.84. The molecule has 1 aliphatic heterocycles. The molecule has 0 aliphatic carbocycles. The molecule has 7 nitrogen and oxygen atoms in total. The number of nitrogens with two attached hydrogens (primary N) is 1. The fraction of sp³-hybridized carbons (Fsp3) is 0.310. The Balaban J connectivity index is 1.69. The number of benzene rings is 2. The molecule has 2 aromatic rings. The maximum Gasteiger partial charge on any atom is 0.163 e. The van der Waals surface area contributed by atoms with Crippen molar-refractivity contribution in [3.05, 3.63) is 102 Å². The van der Waals surface area contributed by atoms with Crippen LogP contribution in [0.1, 0.15) is 37.3 Å². The van der Waals surface area contributed by atoms with Gasteiger partial charge in [-0.3, -0.25) is 9.89 Å². The maximum absolute atomic E-state index is 9.93. The lowest BCUT2D eigenvalue weighted by molar-refractivity contribution is 0.249. The monoisotopic (exact) mass is 487 g/mol. The molecular weight excluding hydrogens is 450 g/mol. The van der Waals surface area contributed by atoms with E-state index >= 15 is 0 Å². The van der Waals surface area contributed by atoms with Crippen LogP contribution in [0.2, 0.25) is 0 Å². The lowest BCUT2D eigenvalue weighted by atomic mass is 10.0. The van der Waals surface area contributed by atoms with Crippen molar-refractivity contribution in [1.82, 2.24) is 10.2 Å². The smallest absolute Gasteiger partial charge is 0.163 e. The van der Waals surface area contributed by atoms with E-state index in [1.54, 1.807) is 24.5 Å². The highest BCUT2D eigenvalue weighted by Crippen LogP contribution is 2.16. The molecule has 1 heterocycles. The van der Waals surface area contributed by atoms with Crippen LogP contribution in [-0.2, 0) is 11.4 Å². The third kappa shape index (κ3) is 9.80. The maximum atomic E-state index is 9.93. The molecule has 0 fully saturated rings. The first-order valence-electron chi connectivity index (χ1n) is 12.5. The Bertz CT molecular complexity index is 1080. The summed E-state index contributed by atoms with van der Waals surface area (Å²) in [6, 6.07) is 17.6. The van der Waals surface area contributed by atoms with Crippen LogP contribution in [0.5, 0.6) is 5.75 Å². The highest BCUT2D eigenvalue weighted by atomic mass is 16.6. The largest absolute Gasteiger partial charge is 0.508 e. The van der Waals surface area contributed by atoms with E-state index in [9.17, 15) is 5.11 Å². The van der Waals surface area contributed by atoms with Gasteiger partial charge in [-0.05, 0) is 54.8 Å². The third-order valence-corrected chi connectivity index (χ3v) is 5.64. The zero-order chi connectivity index (χ0) is 25.4. The molecule has 0 saturated carbocycles. The average Bonchev–Trinajstić information content (AvgIpc) is 2.98. The van der Waals surface area contributed by atoms with E-state index < -0.39 is 0 Å². The summed E-state index contributed by atoms with van der Waals surface area (Å²) in [6.45, 7) is 5.17. The van der Waals surface area contributed by atoms with Crippen LogP contribution in [0.25, 0.3) is 0 Å². The number of rotatable bonds is 11. The number of aliphatic imine (C=N–C) groups is 1. The first-order valence-corrected chi connectivity index (χ1v) is 12.5. The van der Waals surface area contributed by atoms with Crippen molar-refractivity contribution in [2.75, 3.05) is 19.6 Å². The quantitative estimate of drug-likeness (QED) is 0.237. The van der Waals surface area contributed by atoms with Crippen molar-refractivity contribution in [2.45, 2.75) is 32.7 Å². The van der Waals surface area contributed by atoms with Crippen LogP contribution in [0.3, 0.4) is 0 Å². The molecule has 0 bridgehead atoms. The fourth-order valence-electron chi connectivity index (χ4n) is 3.80. The van der Waals surface area contributed by atoms with Gasteiger partial charge in [0.05, 0.1) is 0 Å². The van der Waals surface area contributed by atoms with E-state index in [4.69, 9.17) is 15.6 Å². The number of hydrogen-bond acceptors (Lipinski definition) is 6. The van der Waals surface area contributed by atoms with E-state index in [2.05, 4.69) is 40.5 Å². The van der Waals surface area contributed by atoms with Crippen molar-refractivity contribution in [2.24, 2.45) is 21.8 Å². The number of aromatic hydroxyl groups is 1. The van der Waals surface area contributed by atoms with Gasteiger partial charge in [-0.2, -0.15) is 0 Å². The van der Waals surface area contributed by atoms with Gasteiger partial charge in [-0.1, -0.05) is 73.1 Å². The standard InChI is InChI=1S/C29H37N5O2/c1-2-3-17-31-29(26-12-5-4-6-13-26)32-18-9-19-34(23-25-11-7-14-27(35)21-25)22-24-10-8-15-28(30)33-36-20-16-24/h4-9,11-16,18,20-21,24,35H,2-3,10,17,19,22-23H2,1H3,(H2,30,33)(H,31,32)/b15-8+,18-9+,20-16+. The molecule has 1 aliphatic rings. The summed E-state index contributed by atoms with van der Waals surface area (Å²) in [4.78, 5) is 12.3. The number of nitrogens with one attached hydrogen (secondary N) is 1. The number of allylic oxidation sites excluding steroid dienone is 1. The number of phenolic OH excluding ortho intramolecular Hbond substituents is 1. The number of hydrogen-bond donors (Lipinski definition) is 3. The first-order chi connectivity index (χ1) is 17.6. The van der Waals surface area contributed by atoms with Gasteiger partial charge >= 0.3 is 0 Å². The average molecular weight is 488 g/mol. The second-order valence-electron chi connectivity index (χ2n) is 8.71. The van der Waals surface area contributed by atoms with Crippen LogP contribution in [0.4, 0.5) is 0 Å². The molecule has 0 aromatic heterocycles. The van der Waals surface area contributed by atoms with Gasteiger partial charge in [0.2, 0.25) is 0 Å². The van der Waals surface area contributed by atoms with Gasteiger partial charge in [0.15, 0.2) is 5.84 Å². The normalized spacial score (nSPS) is 19.6. The SMILES string of the molecule is CCCCN=C(N/C=C/CN(Cc1cccc(O)c1)CC1/C=C/O/N=C(N)\C=C\C1)c1ccccc1. The third-order valence-electron chi connectivity index (χ3n) is 5.64. The van der Waals surface area contributed by atoms with Crippen LogP contribution in [0.15, 0.2) is 102 Å². The zero-order valence-corrected chi connectivity index (χ0v) is 21.0. The van der Waals surface area contributed by atoms with Crippen molar-refractivity contribution < 1.29 is 9.94 Å². The summed E-state index contributed by atoms with van der Waals surface area (Å²) in [7, 11) is 0. The Morgan fingerprint density at radius 1 is 1.25 bits per heavy atom. The second-order valence-corrected chi connectivity index (χ2v) is 8.71. The lowest BCUT2D eigenvalue weighted by Gasteiger charge is -2.24. The van der Waals surface area contributed by atoms with Crippen LogP contribution in [0, 0.1) is 5.92 Å². The Kier molecular flexibility index (Phi) is 11.3. The number of phenols is 1. The number of oxime groups is 1. The molecule has 3 rings (SSSR count). The van der Waals surface area contributed by atoms with E-state index in [1.807, 2.05) is 48.7 Å². The Morgan fingerprint density at radius 2 is 2.11 bits per heavy atom. The van der Waals surface area contributed by atoms with Gasteiger partial charge in [-0.25, -0.2) is 0 Å². The van der Waals surface area contributed by atoms with Crippen molar-refractivity contribution >= 4 is 11.7 Å². The predicted molar refractivity (Wildman–Crippen MR) is 148 cm³/mol. The van der Waals surface area contributed by atoms with Gasteiger partial charge in [0.25, 0.3) is 0 Å². The molecule has 36 heavy (non-hydrogen) atoms. The molecular formula is C29H37N5O2. The van der Waals surface area contributed by atoms with Crippen molar-refractivity contribution in [3.8, 4) is 5.75 Å². The second kappa shape index (κ2) is 15.2. The Labute approximate surface area is 214 Å². The molecule has 0 saturated heterocycles. The Morgan fingerprint density at radius 3 is 2.92 bits per heavy atom. The van der Waals surface area contributed by atoms with Crippen LogP contribution < -0.4 is 11.1 Å². The summed E-state index contributed by atoms with van der Waals surface area (Å²) in [6.07, 6.45) is 14.4. The summed E-state index contributed by atoms with van der Waals surface area (Å²) < 4.78 is 0. The van der Waals surface area contributed by atoms with Gasteiger partial charge < -0.3 is 21.0 Å². The molecule has 7 heteroatoms. The minimum atomic E-state index is 0.219. The van der Waals surface area contributed by atoms with Gasteiger partial charge in [0.1, 0.15) is 17.8 Å². The number of nitrogens with zero attached hydrogens (tertiary/aromatic N) is 3. The van der Waals surface area contributed by atoms with E-state index in [0.29, 0.717) is 18.9 Å². The highest BCUT2D eigenvalue weighted by molar-refractivity contribution is 5.99. The van der Waals surface area contributed by atoms with E-state index in [1.165, 1.54) is 0 Å². The topological polar surface area (TPSA) is 95.5 Å². The van der Waals surface area contributed by atoms with Gasteiger partial charge in [0, 0.05) is 31.7 Å². The van der Waals surface area contributed by atoms with E-state index in [0.717, 1.165) is 49.3 Å². The first kappa shape index (κ1) is 26.8. The summed E-state index contributed by atoms with van der Waals surface area (Å²) in [5.41, 5.74) is 7.89. The molecule has 0 radical (unpaired) electrons. The molecule has 190 valence electrons. The zero-order valence-electron chi connectivity index (χ0n) is 21.0. The lowest BCUT2D eigenvalue weighted by Crippen LogP contribution is -2.29. The molecule has 0 spiro atoms. The van der Waals surface area contributed by atoms with Crippen molar-refractivity contribution in [3.63, 3.8) is 0 Å². The molecule has 1 atom stereocenters. The summed E-state index contributed by atoms with van der Waals surface area (Å²) in [5, 5.41) is 17.1. The highest BCUT2D eigenvalue weighted by Gasteiger charge is 2.12. The van der Waals surface area contributed by atoms with Crippen LogP contribution >= 0.6 is 0 Å². The molecule has 1 unspecified atom stereocenters. The molecule has 0 amide bonds. The summed E-state index contributed by atoms with van der Waals surface area (Å²) in [5.74, 6) is 1.71. The van der Waals surface area contributed by atoms with Crippen molar-refractivity contribution in [1.29, 1.82) is 0 Å². The minimum absolute atomic E-state index is 0.219. The fourth-order valence-corrected chi connectivity index (χ4v) is 3.80. The summed E-state index contributed by atoms with van der Waals surface area (Å²) >= 11 is 0. The molecule has 2 aromatic carbocycles. The van der Waals surface area contributed by atoms with E-state index in [-0.39, 0.29) is 11.7 Å². The predicted octanol–water partition coefficient (Wildman–Crippen LogP) is 4.92. The number of amidine groups is 2. The minimum Gasteiger partial charge on any atom is -0.508 e. The van der Waals surface area contributed by atoms with Gasteiger partial charge in [-0.15, -0.1) is 0 Å². The molecule has 4 N–H and O–H groups in total.